The number of nitrogens with two attached hydrogens (primary N) is 1. The summed E-state index contributed by atoms with van der Waals surface area (Å²) in [6.45, 7) is 0. The van der Waals surface area contributed by atoms with E-state index in [1.165, 1.54) is 0 Å². The van der Waals surface area contributed by atoms with Crippen molar-refractivity contribution in [3.63, 3.8) is 0 Å². The number of hydrogen-bond donors (Lipinski definition) is 3. The Kier molecular flexibility index (Phi) is 5.33. The predicted octanol–water partition coefficient (Wildman–Crippen LogP) is 4.32. The highest BCUT2D eigenvalue weighted by atomic mass is 79.9. The summed E-state index contributed by atoms with van der Waals surface area (Å²) in [5, 5.41) is 13.0. The number of phenolic OH excluding ortho intramolecular Hbond substituents is 1. The summed E-state index contributed by atoms with van der Waals surface area (Å²) in [7, 11) is 0. The molecule has 0 bridgehead atoms. The predicted molar refractivity (Wildman–Crippen MR) is 97.6 cm³/mol. The number of anilines is 1. The summed E-state index contributed by atoms with van der Waals surface area (Å²) >= 11 is 11.4. The SMILES string of the molecule is NC(=S)Nc1ccc(N=Cc2cc(Br)cc(Br)c2O)cc1. The van der Waals surface area contributed by atoms with Crippen LogP contribution in [0.4, 0.5) is 11.4 Å². The van der Waals surface area contributed by atoms with E-state index in [2.05, 4.69) is 42.2 Å². The lowest BCUT2D eigenvalue weighted by Crippen LogP contribution is -2.18. The maximum atomic E-state index is 9.95. The zero-order chi connectivity index (χ0) is 15.4. The molecular weight excluding hydrogens is 418 g/mol. The Bertz CT molecular complexity index is 702. The van der Waals surface area contributed by atoms with E-state index in [0.29, 0.717) is 10.0 Å². The molecule has 0 saturated heterocycles. The van der Waals surface area contributed by atoms with Crippen LogP contribution in [0.1, 0.15) is 5.56 Å². The third kappa shape index (κ3) is 4.52. The van der Waals surface area contributed by atoms with Crippen LogP contribution in [0.5, 0.6) is 5.75 Å². The van der Waals surface area contributed by atoms with Crippen molar-refractivity contribution < 1.29 is 5.11 Å². The zero-order valence-electron chi connectivity index (χ0n) is 10.7. The highest BCUT2D eigenvalue weighted by molar-refractivity contribution is 9.11. The number of phenols is 1. The minimum absolute atomic E-state index is 0.147. The van der Waals surface area contributed by atoms with E-state index in [9.17, 15) is 5.11 Å². The Hall–Kier alpha value is -1.44. The van der Waals surface area contributed by atoms with Gasteiger partial charge in [0, 0.05) is 21.9 Å². The van der Waals surface area contributed by atoms with Gasteiger partial charge in [-0.15, -0.1) is 0 Å². The van der Waals surface area contributed by atoms with Gasteiger partial charge < -0.3 is 16.2 Å². The van der Waals surface area contributed by atoms with Crippen molar-refractivity contribution in [3.05, 3.63) is 50.9 Å². The van der Waals surface area contributed by atoms with Crippen molar-refractivity contribution in [2.75, 3.05) is 5.32 Å². The molecule has 0 aliphatic rings. The molecular formula is C14H11Br2N3OS. The number of thiocarbonyl (C=S) groups is 1. The third-order valence-corrected chi connectivity index (χ3v) is 3.71. The first-order chi connectivity index (χ1) is 9.95. The molecule has 0 aliphatic carbocycles. The lowest BCUT2D eigenvalue weighted by atomic mass is 10.2. The number of nitrogens with one attached hydrogen (secondary N) is 1. The molecule has 0 aliphatic heterocycles. The van der Waals surface area contributed by atoms with Crippen molar-refractivity contribution in [3.8, 4) is 5.75 Å². The van der Waals surface area contributed by atoms with Gasteiger partial charge in [0.1, 0.15) is 5.75 Å². The zero-order valence-corrected chi connectivity index (χ0v) is 14.7. The van der Waals surface area contributed by atoms with Crippen LogP contribution < -0.4 is 11.1 Å². The van der Waals surface area contributed by atoms with E-state index in [4.69, 9.17) is 18.0 Å². The summed E-state index contributed by atoms with van der Waals surface area (Å²) in [6.07, 6.45) is 1.60. The van der Waals surface area contributed by atoms with Gasteiger partial charge in [0.25, 0.3) is 0 Å². The smallest absolute Gasteiger partial charge is 0.168 e. The molecule has 108 valence electrons. The van der Waals surface area contributed by atoms with Crippen LogP contribution in [0, 0.1) is 0 Å². The lowest BCUT2D eigenvalue weighted by molar-refractivity contribution is 0.471. The number of benzene rings is 2. The molecule has 0 fully saturated rings. The molecule has 4 N–H and O–H groups in total. The van der Waals surface area contributed by atoms with Crippen LogP contribution in [0.2, 0.25) is 0 Å². The molecule has 21 heavy (non-hydrogen) atoms. The second-order valence-electron chi connectivity index (χ2n) is 4.12. The summed E-state index contributed by atoms with van der Waals surface area (Å²) in [5.41, 5.74) is 7.56. The molecule has 4 nitrogen and oxygen atoms in total. The topological polar surface area (TPSA) is 70.6 Å². The van der Waals surface area contributed by atoms with E-state index in [1.807, 2.05) is 24.3 Å². The normalized spacial score (nSPS) is 10.8. The van der Waals surface area contributed by atoms with Crippen LogP contribution in [-0.2, 0) is 0 Å². The van der Waals surface area contributed by atoms with Crippen molar-refractivity contribution in [2.24, 2.45) is 10.7 Å². The van der Waals surface area contributed by atoms with E-state index in [-0.39, 0.29) is 10.9 Å². The van der Waals surface area contributed by atoms with Crippen molar-refractivity contribution in [2.45, 2.75) is 0 Å². The largest absolute Gasteiger partial charge is 0.506 e. The number of halogens is 2. The summed E-state index contributed by atoms with van der Waals surface area (Å²) < 4.78 is 1.46. The van der Waals surface area contributed by atoms with Gasteiger partial charge in [-0.05, 0) is 64.5 Å². The van der Waals surface area contributed by atoms with Crippen LogP contribution in [0.15, 0.2) is 50.3 Å². The van der Waals surface area contributed by atoms with Crippen LogP contribution >= 0.6 is 44.1 Å². The lowest BCUT2D eigenvalue weighted by Gasteiger charge is -2.04. The number of hydrogen-bond acceptors (Lipinski definition) is 3. The van der Waals surface area contributed by atoms with Crippen LogP contribution in [-0.4, -0.2) is 16.4 Å². The van der Waals surface area contributed by atoms with Gasteiger partial charge in [0.15, 0.2) is 5.11 Å². The molecule has 7 heteroatoms. The van der Waals surface area contributed by atoms with E-state index >= 15 is 0 Å². The fraction of sp³-hybridized carbons (Fsp3) is 0. The molecule has 0 unspecified atom stereocenters. The number of nitrogens with zero attached hydrogens (tertiary/aromatic N) is 1. The minimum Gasteiger partial charge on any atom is -0.506 e. The van der Waals surface area contributed by atoms with Gasteiger partial charge in [-0.25, -0.2) is 0 Å². The van der Waals surface area contributed by atoms with Crippen LogP contribution in [0.3, 0.4) is 0 Å². The molecule has 0 radical (unpaired) electrons. The fourth-order valence-corrected chi connectivity index (χ4v) is 2.98. The molecule has 0 heterocycles. The minimum atomic E-state index is 0.147. The van der Waals surface area contributed by atoms with Crippen molar-refractivity contribution >= 4 is 66.8 Å². The molecule has 0 atom stereocenters. The van der Waals surface area contributed by atoms with Crippen molar-refractivity contribution in [1.29, 1.82) is 0 Å². The van der Waals surface area contributed by atoms with Gasteiger partial charge in [0.2, 0.25) is 0 Å². The van der Waals surface area contributed by atoms with Gasteiger partial charge in [0.05, 0.1) is 10.2 Å². The Labute approximate surface area is 144 Å². The standard InChI is InChI=1S/C14H11Br2N3OS/c15-9-5-8(13(20)12(16)6-9)7-18-10-1-3-11(4-2-10)19-14(17)21/h1-7,20H,(H3,17,19,21). The Morgan fingerprint density at radius 1 is 1.24 bits per heavy atom. The maximum Gasteiger partial charge on any atom is 0.168 e. The highest BCUT2D eigenvalue weighted by Gasteiger charge is 2.05. The van der Waals surface area contributed by atoms with Crippen molar-refractivity contribution in [1.82, 2.24) is 0 Å². The number of aromatic hydroxyl groups is 1. The molecule has 0 spiro atoms. The third-order valence-electron chi connectivity index (χ3n) is 2.55. The Morgan fingerprint density at radius 2 is 1.90 bits per heavy atom. The first-order valence-corrected chi connectivity index (χ1v) is 7.84. The van der Waals surface area contributed by atoms with Gasteiger partial charge in [-0.1, -0.05) is 15.9 Å². The highest BCUT2D eigenvalue weighted by Crippen LogP contribution is 2.31. The van der Waals surface area contributed by atoms with Gasteiger partial charge in [-0.3, -0.25) is 4.99 Å². The summed E-state index contributed by atoms with van der Waals surface area (Å²) in [6, 6.07) is 10.8. The second-order valence-corrected chi connectivity index (χ2v) is 6.33. The maximum absolute atomic E-state index is 9.95. The number of aliphatic imine (C=N–C) groups is 1. The molecule has 0 aromatic heterocycles. The molecule has 0 saturated carbocycles. The monoisotopic (exact) mass is 427 g/mol. The summed E-state index contributed by atoms with van der Waals surface area (Å²) in [5.74, 6) is 0.147. The Balaban J connectivity index is 2.20. The second kappa shape index (κ2) is 7.02. The molecule has 2 aromatic carbocycles. The van der Waals surface area contributed by atoms with E-state index in [0.717, 1.165) is 15.8 Å². The average Bonchev–Trinajstić information content (AvgIpc) is 2.42. The quantitative estimate of drug-likeness (QED) is 0.502. The first kappa shape index (κ1) is 15.9. The average molecular weight is 429 g/mol. The van der Waals surface area contributed by atoms with Gasteiger partial charge >= 0.3 is 0 Å². The first-order valence-electron chi connectivity index (χ1n) is 5.84. The molecule has 2 rings (SSSR count). The fourth-order valence-electron chi connectivity index (χ4n) is 1.60. The number of rotatable bonds is 3. The molecule has 2 aromatic rings. The summed E-state index contributed by atoms with van der Waals surface area (Å²) in [4.78, 5) is 4.32. The van der Waals surface area contributed by atoms with Gasteiger partial charge in [-0.2, -0.15) is 0 Å². The molecule has 0 amide bonds. The van der Waals surface area contributed by atoms with Crippen LogP contribution in [0.25, 0.3) is 0 Å². The van der Waals surface area contributed by atoms with E-state index in [1.54, 1.807) is 18.3 Å². The Morgan fingerprint density at radius 3 is 2.52 bits per heavy atom. The van der Waals surface area contributed by atoms with E-state index < -0.39 is 0 Å².